The number of fused-ring (bicyclic) bond motifs is 1. The fourth-order valence-corrected chi connectivity index (χ4v) is 5.68. The number of amides is 3. The Kier molecular flexibility index (Phi) is 6.03. The quantitative estimate of drug-likeness (QED) is 0.577. The summed E-state index contributed by atoms with van der Waals surface area (Å²) < 4.78 is 6.31. The van der Waals surface area contributed by atoms with Gasteiger partial charge in [-0.05, 0) is 38.3 Å². The summed E-state index contributed by atoms with van der Waals surface area (Å²) in [5.41, 5.74) is -0.365. The lowest BCUT2D eigenvalue weighted by Gasteiger charge is -2.34. The first-order valence-electron chi connectivity index (χ1n) is 11.2. The number of carbonyl (C=O) groups is 3. The first kappa shape index (κ1) is 21.8. The molecule has 6 atom stereocenters. The topological polar surface area (TPSA) is 108 Å². The fourth-order valence-electron chi connectivity index (χ4n) is 5.68. The van der Waals surface area contributed by atoms with Gasteiger partial charge >= 0.3 is 0 Å². The highest BCUT2D eigenvalue weighted by Crippen LogP contribution is 2.58. The van der Waals surface area contributed by atoms with Crippen LogP contribution in [0.5, 0.6) is 0 Å². The minimum atomic E-state index is -1.02. The highest BCUT2D eigenvalue weighted by atomic mass is 16.5. The smallest absolute Gasteiger partial charge is 0.246 e. The van der Waals surface area contributed by atoms with E-state index in [-0.39, 0.29) is 36.9 Å². The number of hydrogen-bond donors (Lipinski definition) is 3. The van der Waals surface area contributed by atoms with E-state index in [1.807, 2.05) is 32.0 Å². The van der Waals surface area contributed by atoms with Crippen molar-refractivity contribution in [3.05, 3.63) is 30.3 Å². The van der Waals surface area contributed by atoms with Gasteiger partial charge in [0.25, 0.3) is 0 Å². The van der Waals surface area contributed by atoms with E-state index in [0.29, 0.717) is 18.5 Å². The molecular formula is C23H31N3O5. The molecule has 3 unspecified atom stereocenters. The lowest BCUT2D eigenvalue weighted by Crippen LogP contribution is -2.56. The van der Waals surface area contributed by atoms with Crippen LogP contribution < -0.4 is 10.6 Å². The van der Waals surface area contributed by atoms with E-state index in [4.69, 9.17) is 4.74 Å². The third-order valence-corrected chi connectivity index (χ3v) is 6.84. The van der Waals surface area contributed by atoms with Crippen LogP contribution in [0.4, 0.5) is 5.69 Å². The molecule has 3 amide bonds. The molecule has 0 radical (unpaired) electrons. The molecule has 0 aromatic heterocycles. The summed E-state index contributed by atoms with van der Waals surface area (Å²) >= 11 is 0. The summed E-state index contributed by atoms with van der Waals surface area (Å²) in [4.78, 5) is 41.3. The molecule has 4 rings (SSSR count). The van der Waals surface area contributed by atoms with Gasteiger partial charge in [0, 0.05) is 18.3 Å². The number of aliphatic hydroxyl groups excluding tert-OH is 1. The molecule has 0 aliphatic carbocycles. The molecule has 1 spiro atoms. The number of carbonyl (C=O) groups excluding carboxylic acids is 3. The van der Waals surface area contributed by atoms with Gasteiger partial charge in [-0.3, -0.25) is 14.4 Å². The second kappa shape index (κ2) is 8.59. The van der Waals surface area contributed by atoms with Crippen LogP contribution in [0.25, 0.3) is 0 Å². The van der Waals surface area contributed by atoms with E-state index in [1.165, 1.54) is 4.90 Å². The van der Waals surface area contributed by atoms with Crippen LogP contribution in [0.2, 0.25) is 0 Å². The number of nitrogens with zero attached hydrogens (tertiary/aromatic N) is 1. The van der Waals surface area contributed by atoms with E-state index in [9.17, 15) is 19.5 Å². The summed E-state index contributed by atoms with van der Waals surface area (Å²) in [6.07, 6.45) is 2.54. The van der Waals surface area contributed by atoms with Crippen LogP contribution >= 0.6 is 0 Å². The average molecular weight is 430 g/mol. The van der Waals surface area contributed by atoms with Crippen molar-refractivity contribution in [3.8, 4) is 0 Å². The van der Waals surface area contributed by atoms with Crippen molar-refractivity contribution < 1.29 is 24.2 Å². The highest BCUT2D eigenvalue weighted by Gasteiger charge is 2.74. The van der Waals surface area contributed by atoms with Crippen LogP contribution in [0.15, 0.2) is 30.3 Å². The number of ether oxygens (including phenoxy) is 1. The lowest BCUT2D eigenvalue weighted by atomic mass is 9.70. The Morgan fingerprint density at radius 3 is 2.71 bits per heavy atom. The molecular weight excluding hydrogens is 398 g/mol. The molecule has 3 fully saturated rings. The predicted molar refractivity (Wildman–Crippen MR) is 114 cm³/mol. The van der Waals surface area contributed by atoms with Gasteiger partial charge in [0.15, 0.2) is 0 Å². The fraction of sp³-hybridized carbons (Fsp3) is 0.609. The molecule has 8 nitrogen and oxygen atoms in total. The van der Waals surface area contributed by atoms with E-state index in [0.717, 1.165) is 12.8 Å². The molecule has 3 saturated heterocycles. The van der Waals surface area contributed by atoms with Crippen molar-refractivity contribution in [3.63, 3.8) is 0 Å². The van der Waals surface area contributed by atoms with Gasteiger partial charge in [0.05, 0.1) is 24.5 Å². The van der Waals surface area contributed by atoms with Gasteiger partial charge in [-0.2, -0.15) is 0 Å². The van der Waals surface area contributed by atoms with Gasteiger partial charge in [0.2, 0.25) is 17.7 Å². The summed E-state index contributed by atoms with van der Waals surface area (Å²) in [5.74, 6) is -2.20. The molecule has 1 aromatic rings. The molecule has 0 saturated carbocycles. The number of benzene rings is 1. The number of β-amino-alcohol motifs (C(OH)–C–C–N with tert-alkyl or cyclic N) is 1. The van der Waals surface area contributed by atoms with Crippen molar-refractivity contribution in [2.45, 2.75) is 63.3 Å². The Balaban J connectivity index is 1.62. The number of rotatable bonds is 8. The summed E-state index contributed by atoms with van der Waals surface area (Å²) in [6, 6.07) is 8.24. The summed E-state index contributed by atoms with van der Waals surface area (Å²) in [7, 11) is 0. The largest absolute Gasteiger partial charge is 0.395 e. The van der Waals surface area contributed by atoms with Crippen LogP contribution in [0, 0.1) is 11.8 Å². The number of nitrogens with one attached hydrogen (secondary N) is 2. The zero-order valence-electron chi connectivity index (χ0n) is 18.0. The van der Waals surface area contributed by atoms with Crippen molar-refractivity contribution in [2.24, 2.45) is 11.8 Å². The van der Waals surface area contributed by atoms with Crippen LogP contribution in [0.1, 0.15) is 39.5 Å². The Morgan fingerprint density at radius 1 is 1.29 bits per heavy atom. The van der Waals surface area contributed by atoms with E-state index in [2.05, 4.69) is 10.6 Å². The minimum absolute atomic E-state index is 0.0326. The maximum atomic E-state index is 13.4. The minimum Gasteiger partial charge on any atom is -0.395 e. The first-order valence-corrected chi connectivity index (χ1v) is 11.2. The number of para-hydroxylation sites is 1. The molecule has 168 valence electrons. The third kappa shape index (κ3) is 3.61. The predicted octanol–water partition coefficient (Wildman–Crippen LogP) is 1.30. The summed E-state index contributed by atoms with van der Waals surface area (Å²) in [5, 5.41) is 15.5. The number of hydrogen-bond acceptors (Lipinski definition) is 5. The number of anilines is 1. The van der Waals surface area contributed by atoms with Crippen molar-refractivity contribution in [1.29, 1.82) is 0 Å². The second-order valence-corrected chi connectivity index (χ2v) is 8.86. The molecule has 3 heterocycles. The van der Waals surface area contributed by atoms with Crippen LogP contribution in [0.3, 0.4) is 0 Å². The normalized spacial score (nSPS) is 32.1. The van der Waals surface area contributed by atoms with Crippen molar-refractivity contribution in [2.75, 3.05) is 18.5 Å². The number of likely N-dealkylation sites (tertiary alicyclic amines) is 1. The van der Waals surface area contributed by atoms with Crippen LogP contribution in [-0.2, 0) is 19.1 Å². The Hall–Kier alpha value is -2.45. The van der Waals surface area contributed by atoms with Crippen LogP contribution in [-0.4, -0.2) is 64.7 Å². The highest BCUT2D eigenvalue weighted by molar-refractivity contribution is 6.02. The molecule has 3 aliphatic heterocycles. The lowest BCUT2D eigenvalue weighted by molar-refractivity contribution is -0.142. The first-order chi connectivity index (χ1) is 14.9. The third-order valence-electron chi connectivity index (χ3n) is 6.84. The maximum absolute atomic E-state index is 13.4. The molecule has 3 aliphatic rings. The van der Waals surface area contributed by atoms with E-state index in [1.54, 1.807) is 12.1 Å². The van der Waals surface area contributed by atoms with E-state index >= 15 is 0 Å². The Bertz CT molecular complexity index is 847. The van der Waals surface area contributed by atoms with E-state index < -0.39 is 29.6 Å². The standard InChI is InChI=1S/C23H31N3O5/c1-3-7-14(2)24-21(29)19-23-11-10-16(31-23)17(18(23)22(30)26(19)12-13-27)20(28)25-15-8-5-4-6-9-15/h4-6,8-9,14,16-19,27H,3,7,10-13H2,1-2H3,(H,24,29)(H,25,28)/t14?,16-,17+,18-,19?,23?/m0/s1. The second-order valence-electron chi connectivity index (χ2n) is 8.86. The molecule has 8 heteroatoms. The van der Waals surface area contributed by atoms with Crippen molar-refractivity contribution in [1.82, 2.24) is 10.2 Å². The Morgan fingerprint density at radius 2 is 2.03 bits per heavy atom. The summed E-state index contributed by atoms with van der Waals surface area (Å²) in [6.45, 7) is 3.77. The zero-order chi connectivity index (χ0) is 22.2. The van der Waals surface area contributed by atoms with Crippen molar-refractivity contribution >= 4 is 23.4 Å². The molecule has 31 heavy (non-hydrogen) atoms. The Labute approximate surface area is 182 Å². The van der Waals surface area contributed by atoms with Gasteiger partial charge in [-0.1, -0.05) is 31.5 Å². The molecule has 2 bridgehead atoms. The van der Waals surface area contributed by atoms with Gasteiger partial charge in [-0.15, -0.1) is 0 Å². The molecule has 3 N–H and O–H groups in total. The maximum Gasteiger partial charge on any atom is 0.246 e. The zero-order valence-corrected chi connectivity index (χ0v) is 18.0. The SMILES string of the molecule is CCCC(C)NC(=O)C1N(CCO)C(=O)[C@@H]2[C@H](C(=O)Nc3ccccc3)[C@@H]3CCC12O3. The van der Waals surface area contributed by atoms with Gasteiger partial charge in [-0.25, -0.2) is 0 Å². The average Bonchev–Trinajstić information content (AvgIpc) is 3.37. The monoisotopic (exact) mass is 429 g/mol. The molecule has 1 aromatic carbocycles. The number of aliphatic hydroxyl groups is 1. The van der Waals surface area contributed by atoms with Gasteiger partial charge in [0.1, 0.15) is 11.6 Å². The van der Waals surface area contributed by atoms with Gasteiger partial charge < -0.3 is 25.4 Å².